The van der Waals surface area contributed by atoms with E-state index in [0.29, 0.717) is 5.56 Å². The van der Waals surface area contributed by atoms with E-state index in [-0.39, 0.29) is 85.0 Å². The second-order valence-electron chi connectivity index (χ2n) is 9.44. The van der Waals surface area contributed by atoms with Gasteiger partial charge in [0.15, 0.2) is 5.82 Å². The highest BCUT2D eigenvalue weighted by molar-refractivity contribution is 7.23. The molecule has 1 saturated carbocycles. The van der Waals surface area contributed by atoms with Crippen LogP contribution in [0.4, 0.5) is 32.8 Å². The zero-order valence-electron chi connectivity index (χ0n) is 19.8. The fraction of sp³-hybridized carbons (Fsp3) is 0.346. The summed E-state index contributed by atoms with van der Waals surface area (Å²) in [7, 11) is 0. The quantitative estimate of drug-likeness (QED) is 0.272. The van der Waals surface area contributed by atoms with E-state index in [1.807, 2.05) is 6.07 Å². The van der Waals surface area contributed by atoms with E-state index in [1.54, 1.807) is 6.92 Å². The van der Waals surface area contributed by atoms with Crippen LogP contribution in [0.2, 0.25) is 5.02 Å². The first-order chi connectivity index (χ1) is 18.2. The maximum absolute atomic E-state index is 16.5. The zero-order valence-corrected chi connectivity index (χ0v) is 21.4. The normalized spacial score (nSPS) is 20.8. The van der Waals surface area contributed by atoms with Gasteiger partial charge in [0.1, 0.15) is 40.2 Å². The van der Waals surface area contributed by atoms with Crippen LogP contribution in [0.3, 0.4) is 0 Å². The lowest BCUT2D eigenvalue weighted by atomic mass is 9.93. The van der Waals surface area contributed by atoms with Crippen LogP contribution >= 0.6 is 22.9 Å². The first-order valence-corrected chi connectivity index (χ1v) is 13.2. The number of fused-ring (bicyclic) bond motifs is 1. The second-order valence-corrected chi connectivity index (χ2v) is 10.9. The minimum absolute atomic E-state index is 0.00906. The lowest BCUT2D eigenvalue weighted by Gasteiger charge is -2.31. The maximum atomic E-state index is 16.5. The first-order valence-electron chi connectivity index (χ1n) is 12.0. The van der Waals surface area contributed by atoms with Gasteiger partial charge >= 0.3 is 0 Å². The number of hydrogen-bond acceptors (Lipinski definition) is 6. The van der Waals surface area contributed by atoms with E-state index in [2.05, 4.69) is 9.97 Å². The Balaban J connectivity index is 1.73. The predicted octanol–water partition coefficient (Wildman–Crippen LogP) is 6.96. The van der Waals surface area contributed by atoms with Crippen LogP contribution in [0, 0.1) is 23.0 Å². The molecule has 12 heteroatoms. The number of aryl methyl sites for hydroxylation is 2. The van der Waals surface area contributed by atoms with Crippen LogP contribution in [0.5, 0.6) is 0 Å². The standard InChI is InChI=1S/C26H19ClF5N5S/c1-2-16-35-22-19-10(4-6-14(24(31)32)37(26(19)36-16)15-7-13(15)29)20(27)18(21(22)30)9-3-5-12(28)23-17(9)11(8-33)25(34)38-23/h3,5,13-15,24H,2,4,6-7,34H2,1H3. The molecule has 0 spiro atoms. The van der Waals surface area contributed by atoms with Crippen molar-refractivity contribution in [3.8, 4) is 17.2 Å². The molecule has 0 amide bonds. The lowest BCUT2D eigenvalue weighted by Crippen LogP contribution is -2.43. The molecule has 1 fully saturated rings. The van der Waals surface area contributed by atoms with Crippen molar-refractivity contribution >= 4 is 54.7 Å². The van der Waals surface area contributed by atoms with Crippen molar-refractivity contribution in [2.75, 3.05) is 10.6 Å². The Bertz CT molecular complexity index is 1680. The summed E-state index contributed by atoms with van der Waals surface area (Å²) in [4.78, 5) is 10.2. The maximum Gasteiger partial charge on any atom is 0.258 e. The molecule has 5 nitrogen and oxygen atoms in total. The summed E-state index contributed by atoms with van der Waals surface area (Å²) in [5, 5.41) is 10.00. The molecule has 2 aromatic heterocycles. The predicted molar refractivity (Wildman–Crippen MR) is 138 cm³/mol. The molecule has 0 saturated heterocycles. The van der Waals surface area contributed by atoms with Gasteiger partial charge in [0.05, 0.1) is 32.8 Å². The Kier molecular flexibility index (Phi) is 5.88. The van der Waals surface area contributed by atoms with E-state index in [4.69, 9.17) is 17.3 Å². The van der Waals surface area contributed by atoms with E-state index in [0.717, 1.165) is 17.4 Å². The summed E-state index contributed by atoms with van der Waals surface area (Å²) in [5.41, 5.74) is 6.18. The number of rotatable bonds is 4. The Morgan fingerprint density at radius 2 is 2.00 bits per heavy atom. The number of anilines is 2. The van der Waals surface area contributed by atoms with E-state index in [1.165, 1.54) is 11.0 Å². The van der Waals surface area contributed by atoms with Crippen LogP contribution in [0.1, 0.15) is 36.7 Å². The lowest BCUT2D eigenvalue weighted by molar-refractivity contribution is 0.106. The number of nitriles is 1. The summed E-state index contributed by atoms with van der Waals surface area (Å²) in [6, 6.07) is 2.27. The Morgan fingerprint density at radius 3 is 2.63 bits per heavy atom. The number of hydrogen-bond donors (Lipinski definition) is 1. The largest absolute Gasteiger partial charge is 0.389 e. The minimum atomic E-state index is -2.81. The molecule has 3 heterocycles. The zero-order chi connectivity index (χ0) is 27.0. The van der Waals surface area contributed by atoms with Gasteiger partial charge in [-0.3, -0.25) is 0 Å². The molecule has 0 bridgehead atoms. The van der Waals surface area contributed by atoms with Gasteiger partial charge < -0.3 is 10.6 Å². The Labute approximate surface area is 222 Å². The molecular formula is C26H19ClF5N5S. The average Bonchev–Trinajstić information content (AvgIpc) is 3.54. The van der Waals surface area contributed by atoms with Crippen molar-refractivity contribution in [3.05, 3.63) is 45.7 Å². The monoisotopic (exact) mass is 563 g/mol. The Hall–Kier alpha value is -3.23. The summed E-state index contributed by atoms with van der Waals surface area (Å²) >= 11 is 7.71. The number of nitrogen functional groups attached to an aromatic ring is 1. The first kappa shape index (κ1) is 25.1. The highest BCUT2D eigenvalue weighted by Gasteiger charge is 2.49. The fourth-order valence-corrected chi connectivity index (χ4v) is 6.73. The molecule has 3 unspecified atom stereocenters. The highest BCUT2D eigenvalue weighted by atomic mass is 35.5. The van der Waals surface area contributed by atoms with Crippen LogP contribution in [0.25, 0.3) is 32.1 Å². The number of alkyl halides is 3. The van der Waals surface area contributed by atoms with Gasteiger partial charge in [-0.1, -0.05) is 24.6 Å². The number of benzene rings is 2. The van der Waals surface area contributed by atoms with Crippen molar-refractivity contribution in [2.45, 2.75) is 57.3 Å². The molecule has 3 atom stereocenters. The third-order valence-electron chi connectivity index (χ3n) is 7.29. The van der Waals surface area contributed by atoms with Gasteiger partial charge in [-0.15, -0.1) is 11.3 Å². The molecule has 1 aliphatic carbocycles. The summed E-state index contributed by atoms with van der Waals surface area (Å²) in [6.45, 7) is 1.74. The van der Waals surface area contributed by atoms with Gasteiger partial charge in [-0.2, -0.15) is 5.26 Å². The van der Waals surface area contributed by atoms with Crippen molar-refractivity contribution in [2.24, 2.45) is 0 Å². The number of aromatic nitrogens is 2. The molecule has 4 aromatic rings. The highest BCUT2D eigenvalue weighted by Crippen LogP contribution is 2.50. The van der Waals surface area contributed by atoms with Gasteiger partial charge in [-0.25, -0.2) is 31.9 Å². The number of nitrogens with zero attached hydrogens (tertiary/aromatic N) is 4. The second kappa shape index (κ2) is 8.92. The van der Waals surface area contributed by atoms with Gasteiger partial charge in [0.25, 0.3) is 6.43 Å². The van der Waals surface area contributed by atoms with E-state index >= 15 is 4.39 Å². The Morgan fingerprint density at radius 1 is 1.26 bits per heavy atom. The molecule has 1 aliphatic heterocycles. The van der Waals surface area contributed by atoms with Crippen LogP contribution < -0.4 is 10.6 Å². The molecule has 0 radical (unpaired) electrons. The van der Waals surface area contributed by atoms with Crippen molar-refractivity contribution < 1.29 is 22.0 Å². The third kappa shape index (κ3) is 3.53. The average molecular weight is 564 g/mol. The molecule has 6 rings (SSSR count). The van der Waals surface area contributed by atoms with Crippen LogP contribution in [0.15, 0.2) is 12.1 Å². The van der Waals surface area contributed by atoms with E-state index < -0.39 is 36.3 Å². The summed E-state index contributed by atoms with van der Waals surface area (Å²) in [5.74, 6) is -1.25. The topological polar surface area (TPSA) is 78.8 Å². The SMILES string of the molecule is CCc1nc2c3c(c(Cl)c(-c4ccc(F)c5sc(N)c(C#N)c45)c(F)c3n1)CCC(C(F)F)N2C1CC1F. The molecule has 196 valence electrons. The van der Waals surface area contributed by atoms with Crippen molar-refractivity contribution in [1.29, 1.82) is 5.26 Å². The minimum Gasteiger partial charge on any atom is -0.389 e. The van der Waals surface area contributed by atoms with Gasteiger partial charge in [0, 0.05) is 23.8 Å². The van der Waals surface area contributed by atoms with Crippen molar-refractivity contribution in [3.63, 3.8) is 0 Å². The number of thiophene rings is 1. The molecular weight excluding hydrogens is 545 g/mol. The molecule has 38 heavy (non-hydrogen) atoms. The van der Waals surface area contributed by atoms with E-state index in [9.17, 15) is 22.8 Å². The van der Waals surface area contributed by atoms with Crippen LogP contribution in [-0.2, 0) is 12.8 Å². The van der Waals surface area contributed by atoms with Gasteiger partial charge in [-0.05, 0) is 30.0 Å². The molecule has 2 aromatic carbocycles. The molecule has 2 aliphatic rings. The molecule has 2 N–H and O–H groups in total. The fourth-order valence-electron chi connectivity index (χ4n) is 5.41. The van der Waals surface area contributed by atoms with Crippen LogP contribution in [-0.4, -0.2) is 34.6 Å². The van der Waals surface area contributed by atoms with Crippen molar-refractivity contribution in [1.82, 2.24) is 9.97 Å². The number of nitrogens with two attached hydrogens (primary N) is 1. The number of halogens is 6. The summed E-state index contributed by atoms with van der Waals surface area (Å²) in [6.07, 6.45) is -3.81. The summed E-state index contributed by atoms with van der Waals surface area (Å²) < 4.78 is 74.1. The third-order valence-corrected chi connectivity index (χ3v) is 8.73. The van der Waals surface area contributed by atoms with Gasteiger partial charge in [0.2, 0.25) is 0 Å². The smallest absolute Gasteiger partial charge is 0.258 e.